The Labute approximate surface area is 102 Å². The lowest BCUT2D eigenvalue weighted by Gasteiger charge is -2.03. The van der Waals surface area contributed by atoms with E-state index in [4.69, 9.17) is 16.9 Å². The number of nitrogens with one attached hydrogen (secondary N) is 1. The standard InChI is InChI=1S/C10H7ClN4S/c11-9-10(15-16-14-9)13-6-8-3-1-2-7(4-8)5-12/h1-4H,6H2,(H,13,15). The molecule has 4 nitrogen and oxygen atoms in total. The molecule has 1 aromatic heterocycles. The van der Waals surface area contributed by atoms with Gasteiger partial charge in [-0.15, -0.1) is 0 Å². The van der Waals surface area contributed by atoms with Crippen molar-refractivity contribution in [1.82, 2.24) is 8.75 Å². The van der Waals surface area contributed by atoms with Gasteiger partial charge in [0, 0.05) is 6.54 Å². The van der Waals surface area contributed by atoms with Crippen LogP contribution in [0.1, 0.15) is 11.1 Å². The second-order valence-corrected chi connectivity index (χ2v) is 3.96. The minimum atomic E-state index is 0.376. The van der Waals surface area contributed by atoms with Crippen LogP contribution in [0.15, 0.2) is 24.3 Å². The average molecular weight is 251 g/mol. The molecular weight excluding hydrogens is 244 g/mol. The quantitative estimate of drug-likeness (QED) is 0.910. The zero-order valence-electron chi connectivity index (χ0n) is 8.14. The van der Waals surface area contributed by atoms with E-state index in [-0.39, 0.29) is 0 Å². The van der Waals surface area contributed by atoms with Crippen LogP contribution in [0.5, 0.6) is 0 Å². The maximum atomic E-state index is 8.75. The molecule has 6 heteroatoms. The molecule has 0 radical (unpaired) electrons. The molecule has 16 heavy (non-hydrogen) atoms. The molecule has 0 unspecified atom stereocenters. The summed E-state index contributed by atoms with van der Waals surface area (Å²) in [6.07, 6.45) is 0. The van der Waals surface area contributed by atoms with Crippen LogP contribution >= 0.6 is 23.3 Å². The van der Waals surface area contributed by atoms with Gasteiger partial charge in [-0.05, 0) is 17.7 Å². The van der Waals surface area contributed by atoms with Crippen LogP contribution in [-0.4, -0.2) is 8.75 Å². The van der Waals surface area contributed by atoms with Crippen LogP contribution in [0.3, 0.4) is 0 Å². The van der Waals surface area contributed by atoms with Gasteiger partial charge in [-0.2, -0.15) is 14.0 Å². The van der Waals surface area contributed by atoms with E-state index < -0.39 is 0 Å². The first-order chi connectivity index (χ1) is 7.79. The van der Waals surface area contributed by atoms with Crippen molar-refractivity contribution in [2.24, 2.45) is 0 Å². The molecule has 0 amide bonds. The molecule has 0 atom stereocenters. The number of nitriles is 1. The zero-order valence-corrected chi connectivity index (χ0v) is 9.72. The van der Waals surface area contributed by atoms with Gasteiger partial charge >= 0.3 is 0 Å². The maximum absolute atomic E-state index is 8.75. The molecule has 0 spiro atoms. The number of aromatic nitrogens is 2. The van der Waals surface area contributed by atoms with E-state index in [1.807, 2.05) is 18.2 Å². The Bertz CT molecular complexity index is 532. The molecule has 80 valence electrons. The van der Waals surface area contributed by atoms with E-state index in [2.05, 4.69) is 20.1 Å². The lowest BCUT2D eigenvalue weighted by atomic mass is 10.1. The predicted octanol–water partition coefficient (Wildman–Crippen LogP) is 2.68. The summed E-state index contributed by atoms with van der Waals surface area (Å²) in [5.41, 5.74) is 1.64. The number of halogens is 1. The Kier molecular flexibility index (Phi) is 3.34. The van der Waals surface area contributed by atoms with Crippen molar-refractivity contribution in [2.45, 2.75) is 6.54 Å². The summed E-state index contributed by atoms with van der Waals surface area (Å²) in [7, 11) is 0. The largest absolute Gasteiger partial charge is 0.363 e. The monoisotopic (exact) mass is 250 g/mol. The van der Waals surface area contributed by atoms with Crippen molar-refractivity contribution < 1.29 is 0 Å². The number of rotatable bonds is 3. The van der Waals surface area contributed by atoms with E-state index in [0.717, 1.165) is 17.3 Å². The van der Waals surface area contributed by atoms with E-state index in [1.54, 1.807) is 6.07 Å². The highest BCUT2D eigenvalue weighted by Crippen LogP contribution is 2.18. The average Bonchev–Trinajstić information content (AvgIpc) is 2.72. The van der Waals surface area contributed by atoms with Gasteiger partial charge in [0.1, 0.15) is 0 Å². The second-order valence-electron chi connectivity index (χ2n) is 3.07. The highest BCUT2D eigenvalue weighted by Gasteiger charge is 2.04. The van der Waals surface area contributed by atoms with Crippen LogP contribution in [0.25, 0.3) is 0 Å². The summed E-state index contributed by atoms with van der Waals surface area (Å²) in [5, 5.41) is 12.2. The first-order valence-electron chi connectivity index (χ1n) is 4.50. The van der Waals surface area contributed by atoms with Crippen molar-refractivity contribution in [3.63, 3.8) is 0 Å². The van der Waals surface area contributed by atoms with E-state index >= 15 is 0 Å². The summed E-state index contributed by atoms with van der Waals surface area (Å²) in [6.45, 7) is 0.570. The Hall–Kier alpha value is -1.64. The normalized spacial score (nSPS) is 9.75. The Morgan fingerprint density at radius 1 is 1.44 bits per heavy atom. The number of nitrogens with zero attached hydrogens (tertiary/aromatic N) is 3. The second kappa shape index (κ2) is 4.92. The third kappa shape index (κ3) is 2.48. The molecule has 1 heterocycles. The maximum Gasteiger partial charge on any atom is 0.186 e. The molecule has 0 fully saturated rings. The number of hydrogen-bond donors (Lipinski definition) is 1. The minimum Gasteiger partial charge on any atom is -0.363 e. The number of anilines is 1. The molecule has 1 N–H and O–H groups in total. The topological polar surface area (TPSA) is 61.6 Å². The lowest BCUT2D eigenvalue weighted by molar-refractivity contribution is 1.13. The van der Waals surface area contributed by atoms with Crippen LogP contribution in [-0.2, 0) is 6.54 Å². The fourth-order valence-electron chi connectivity index (χ4n) is 1.22. The third-order valence-corrected chi connectivity index (χ3v) is 2.86. The molecule has 0 aliphatic heterocycles. The molecule has 1 aromatic carbocycles. The van der Waals surface area contributed by atoms with Gasteiger partial charge in [-0.1, -0.05) is 23.7 Å². The van der Waals surface area contributed by atoms with Gasteiger partial charge in [-0.3, -0.25) is 0 Å². The Balaban J connectivity index is 2.05. The van der Waals surface area contributed by atoms with Crippen molar-refractivity contribution >= 4 is 29.1 Å². The lowest BCUT2D eigenvalue weighted by Crippen LogP contribution is -2.00. The summed E-state index contributed by atoms with van der Waals surface area (Å²) in [4.78, 5) is 0. The van der Waals surface area contributed by atoms with E-state index in [9.17, 15) is 0 Å². The van der Waals surface area contributed by atoms with Gasteiger partial charge in [0.05, 0.1) is 23.4 Å². The first kappa shape index (κ1) is 10.9. The van der Waals surface area contributed by atoms with E-state index in [1.165, 1.54) is 0 Å². The molecule has 0 saturated carbocycles. The molecule has 0 aliphatic rings. The molecule has 0 aliphatic carbocycles. The number of benzene rings is 1. The number of hydrogen-bond acceptors (Lipinski definition) is 5. The van der Waals surface area contributed by atoms with Gasteiger partial charge in [0.15, 0.2) is 11.0 Å². The van der Waals surface area contributed by atoms with Gasteiger partial charge in [0.25, 0.3) is 0 Å². The zero-order chi connectivity index (χ0) is 11.4. The summed E-state index contributed by atoms with van der Waals surface area (Å²) in [5.74, 6) is 0.578. The summed E-state index contributed by atoms with van der Waals surface area (Å²) in [6, 6.07) is 9.45. The highest BCUT2D eigenvalue weighted by atomic mass is 35.5. The van der Waals surface area contributed by atoms with Gasteiger partial charge in [0.2, 0.25) is 0 Å². The third-order valence-electron chi connectivity index (χ3n) is 1.96. The molecule has 2 rings (SSSR count). The smallest absolute Gasteiger partial charge is 0.186 e. The predicted molar refractivity (Wildman–Crippen MR) is 63.4 cm³/mol. The summed E-state index contributed by atoms with van der Waals surface area (Å²) >= 11 is 6.85. The van der Waals surface area contributed by atoms with Crippen molar-refractivity contribution in [3.8, 4) is 6.07 Å². The Morgan fingerprint density at radius 2 is 2.31 bits per heavy atom. The highest BCUT2D eigenvalue weighted by molar-refractivity contribution is 6.99. The Morgan fingerprint density at radius 3 is 3.00 bits per heavy atom. The molecular formula is C10H7ClN4S. The fraction of sp³-hybridized carbons (Fsp3) is 0.100. The minimum absolute atomic E-state index is 0.376. The van der Waals surface area contributed by atoms with Crippen LogP contribution in [0.2, 0.25) is 5.15 Å². The van der Waals surface area contributed by atoms with E-state index in [0.29, 0.717) is 23.1 Å². The molecule has 0 saturated heterocycles. The van der Waals surface area contributed by atoms with Crippen LogP contribution < -0.4 is 5.32 Å². The summed E-state index contributed by atoms with van der Waals surface area (Å²) < 4.78 is 7.84. The van der Waals surface area contributed by atoms with Gasteiger partial charge < -0.3 is 5.32 Å². The van der Waals surface area contributed by atoms with Crippen molar-refractivity contribution in [3.05, 3.63) is 40.5 Å². The van der Waals surface area contributed by atoms with Crippen molar-refractivity contribution in [1.29, 1.82) is 5.26 Å². The molecule has 0 bridgehead atoms. The van der Waals surface area contributed by atoms with Crippen LogP contribution in [0, 0.1) is 11.3 Å². The van der Waals surface area contributed by atoms with Crippen LogP contribution in [0.4, 0.5) is 5.82 Å². The van der Waals surface area contributed by atoms with Gasteiger partial charge in [-0.25, -0.2) is 0 Å². The first-order valence-corrected chi connectivity index (χ1v) is 5.61. The molecule has 2 aromatic rings. The SMILES string of the molecule is N#Cc1cccc(CNc2nsnc2Cl)c1. The fourth-order valence-corrected chi connectivity index (χ4v) is 1.90. The van der Waals surface area contributed by atoms with Crippen molar-refractivity contribution in [2.75, 3.05) is 5.32 Å².